The highest BCUT2D eigenvalue weighted by atomic mass is 31.2. The van der Waals surface area contributed by atoms with Gasteiger partial charge in [0.1, 0.15) is 12.1 Å². The van der Waals surface area contributed by atoms with Gasteiger partial charge in [-0.2, -0.15) is 0 Å². The van der Waals surface area contributed by atoms with E-state index in [4.69, 9.17) is 29.4 Å². The summed E-state index contributed by atoms with van der Waals surface area (Å²) in [5.41, 5.74) is 5.34. The van der Waals surface area contributed by atoms with Crippen LogP contribution in [-0.2, 0) is 32.7 Å². The number of rotatable bonds is 38. The number of phosphoric ester groups is 1. The Kier molecular flexibility index (Phi) is 34.7. The second-order valence-electron chi connectivity index (χ2n) is 13.4. The van der Waals surface area contributed by atoms with E-state index in [9.17, 15) is 19.0 Å². The monoisotopic (exact) mass is 732 g/mol. The standard InChI is InChI=1S/C39H74NO9P/c1-3-5-7-9-11-13-15-17-18-19-20-22-24-26-28-30-32-46-33-36(34-47-50(44,45)48-35-37(40)39(42)43)49-38(41)31-29-27-25-23-21-16-14-12-10-8-6-4-2/h12,14,17-18,36-37H,3-11,13,15-16,19-35,40H2,1-2H3,(H,42,43)(H,44,45)/b14-12-,18-17-. The van der Waals surface area contributed by atoms with E-state index >= 15 is 0 Å². The minimum Gasteiger partial charge on any atom is -0.480 e. The van der Waals surface area contributed by atoms with Gasteiger partial charge in [0.15, 0.2) is 0 Å². The normalized spacial score (nSPS) is 14.3. The van der Waals surface area contributed by atoms with Crippen molar-refractivity contribution >= 4 is 19.8 Å². The van der Waals surface area contributed by atoms with Crippen LogP contribution < -0.4 is 5.73 Å². The van der Waals surface area contributed by atoms with Gasteiger partial charge in [-0.05, 0) is 64.2 Å². The van der Waals surface area contributed by atoms with Crippen LogP contribution in [-0.4, -0.2) is 60.5 Å². The fourth-order valence-corrected chi connectivity index (χ4v) is 6.08. The average molecular weight is 732 g/mol. The maximum Gasteiger partial charge on any atom is 0.472 e. The van der Waals surface area contributed by atoms with Crippen molar-refractivity contribution in [1.29, 1.82) is 0 Å². The topological polar surface area (TPSA) is 155 Å². The van der Waals surface area contributed by atoms with Crippen molar-refractivity contribution in [3.63, 3.8) is 0 Å². The second-order valence-corrected chi connectivity index (χ2v) is 14.9. The summed E-state index contributed by atoms with van der Waals surface area (Å²) >= 11 is 0. The van der Waals surface area contributed by atoms with Gasteiger partial charge in [0.05, 0.1) is 19.8 Å². The first-order valence-electron chi connectivity index (χ1n) is 19.9. The van der Waals surface area contributed by atoms with Crippen LogP contribution in [0.5, 0.6) is 0 Å². The molecule has 4 N–H and O–H groups in total. The van der Waals surface area contributed by atoms with Crippen molar-refractivity contribution in [2.45, 2.75) is 187 Å². The van der Waals surface area contributed by atoms with Gasteiger partial charge in [-0.3, -0.25) is 18.6 Å². The number of nitrogens with two attached hydrogens (primary N) is 1. The maximum absolute atomic E-state index is 12.6. The average Bonchev–Trinajstić information content (AvgIpc) is 3.09. The lowest BCUT2D eigenvalue weighted by Gasteiger charge is -2.20. The van der Waals surface area contributed by atoms with Gasteiger partial charge in [-0.25, -0.2) is 4.57 Å². The SMILES string of the molecule is CCCCC/C=C\CCCCCCCC(=O)OC(COCCCCCCCC/C=C\CCCCCCCC)COP(=O)(O)OCC(N)C(=O)O. The quantitative estimate of drug-likeness (QED) is 0.0242. The number of carbonyl (C=O) groups excluding carboxylic acids is 1. The number of allylic oxidation sites excluding steroid dienone is 4. The summed E-state index contributed by atoms with van der Waals surface area (Å²) in [7, 11) is -4.61. The van der Waals surface area contributed by atoms with E-state index in [2.05, 4.69) is 38.2 Å². The summed E-state index contributed by atoms with van der Waals surface area (Å²) in [4.78, 5) is 33.4. The first kappa shape index (κ1) is 48.5. The van der Waals surface area contributed by atoms with Crippen molar-refractivity contribution in [1.82, 2.24) is 0 Å². The van der Waals surface area contributed by atoms with Gasteiger partial charge in [0, 0.05) is 13.0 Å². The van der Waals surface area contributed by atoms with Crippen LogP contribution in [0.3, 0.4) is 0 Å². The van der Waals surface area contributed by atoms with E-state index in [0.29, 0.717) is 13.0 Å². The lowest BCUT2D eigenvalue weighted by molar-refractivity contribution is -0.154. The molecule has 0 aliphatic rings. The smallest absolute Gasteiger partial charge is 0.472 e. The molecule has 0 amide bonds. The highest BCUT2D eigenvalue weighted by molar-refractivity contribution is 7.47. The molecule has 0 aromatic heterocycles. The molecule has 0 fully saturated rings. The van der Waals surface area contributed by atoms with Gasteiger partial charge >= 0.3 is 19.8 Å². The first-order valence-corrected chi connectivity index (χ1v) is 21.4. The Labute approximate surface area is 304 Å². The third kappa shape index (κ3) is 34.9. The zero-order valence-electron chi connectivity index (χ0n) is 31.7. The summed E-state index contributed by atoms with van der Waals surface area (Å²) in [6.45, 7) is 3.82. The molecule has 3 atom stereocenters. The summed E-state index contributed by atoms with van der Waals surface area (Å²) in [5, 5.41) is 8.87. The fraction of sp³-hybridized carbons (Fsp3) is 0.846. The molecular formula is C39H74NO9P. The first-order chi connectivity index (χ1) is 24.2. The number of phosphoric acid groups is 1. The summed E-state index contributed by atoms with van der Waals surface area (Å²) in [6.07, 6.45) is 36.6. The highest BCUT2D eigenvalue weighted by Crippen LogP contribution is 2.43. The van der Waals surface area contributed by atoms with Gasteiger partial charge in [-0.1, -0.05) is 128 Å². The Bertz CT molecular complexity index is 899. The predicted octanol–water partition coefficient (Wildman–Crippen LogP) is 10.4. The van der Waals surface area contributed by atoms with E-state index in [1.165, 1.54) is 83.5 Å². The second kappa shape index (κ2) is 35.8. The molecule has 294 valence electrons. The third-order valence-electron chi connectivity index (χ3n) is 8.45. The fourth-order valence-electron chi connectivity index (χ4n) is 5.30. The Morgan fingerprint density at radius 3 is 1.56 bits per heavy atom. The molecule has 3 unspecified atom stereocenters. The van der Waals surface area contributed by atoms with E-state index in [-0.39, 0.29) is 13.0 Å². The summed E-state index contributed by atoms with van der Waals surface area (Å²) in [5.74, 6) is -1.79. The number of unbranched alkanes of at least 4 members (excludes halogenated alkanes) is 20. The molecule has 0 aromatic carbocycles. The minimum atomic E-state index is -4.61. The molecule has 10 nitrogen and oxygen atoms in total. The van der Waals surface area contributed by atoms with Gasteiger partial charge in [0.2, 0.25) is 0 Å². The molecule has 0 radical (unpaired) electrons. The van der Waals surface area contributed by atoms with Gasteiger partial charge < -0.3 is 25.2 Å². The predicted molar refractivity (Wildman–Crippen MR) is 203 cm³/mol. The van der Waals surface area contributed by atoms with Crippen molar-refractivity contribution in [3.8, 4) is 0 Å². The number of carbonyl (C=O) groups is 2. The molecule has 0 aliphatic heterocycles. The molecule has 50 heavy (non-hydrogen) atoms. The number of hydrogen-bond acceptors (Lipinski definition) is 8. The highest BCUT2D eigenvalue weighted by Gasteiger charge is 2.27. The number of hydrogen-bond donors (Lipinski definition) is 3. The molecule has 0 aromatic rings. The van der Waals surface area contributed by atoms with Crippen LogP contribution in [0.4, 0.5) is 0 Å². The van der Waals surface area contributed by atoms with Crippen LogP contribution in [0.15, 0.2) is 24.3 Å². The molecule has 0 rings (SSSR count). The molecular weight excluding hydrogens is 657 g/mol. The molecule has 0 heterocycles. The van der Waals surface area contributed by atoms with E-state index in [1.807, 2.05) is 0 Å². The zero-order chi connectivity index (χ0) is 37.0. The van der Waals surface area contributed by atoms with Gasteiger partial charge in [-0.15, -0.1) is 0 Å². The molecule has 11 heteroatoms. The van der Waals surface area contributed by atoms with Crippen molar-refractivity contribution in [2.75, 3.05) is 26.4 Å². The molecule has 0 spiro atoms. The molecule has 0 saturated heterocycles. The molecule has 0 saturated carbocycles. The van der Waals surface area contributed by atoms with Crippen LogP contribution in [0.25, 0.3) is 0 Å². The van der Waals surface area contributed by atoms with E-state index < -0.39 is 45.1 Å². The van der Waals surface area contributed by atoms with Crippen molar-refractivity contribution < 1.29 is 42.7 Å². The summed E-state index contributed by atoms with van der Waals surface area (Å²) in [6, 6.07) is -1.47. The molecule has 0 bridgehead atoms. The van der Waals surface area contributed by atoms with E-state index in [1.54, 1.807) is 0 Å². The van der Waals surface area contributed by atoms with Crippen LogP contribution in [0, 0.1) is 0 Å². The Balaban J connectivity index is 4.29. The molecule has 0 aliphatic carbocycles. The summed E-state index contributed by atoms with van der Waals surface area (Å²) < 4.78 is 33.2. The zero-order valence-corrected chi connectivity index (χ0v) is 32.6. The largest absolute Gasteiger partial charge is 0.480 e. The number of esters is 1. The minimum absolute atomic E-state index is 0.0113. The number of carboxylic acids is 1. The Morgan fingerprint density at radius 2 is 1.04 bits per heavy atom. The van der Waals surface area contributed by atoms with Crippen LogP contribution in [0.1, 0.15) is 174 Å². The Morgan fingerprint density at radius 1 is 0.620 bits per heavy atom. The lowest BCUT2D eigenvalue weighted by atomic mass is 10.1. The van der Waals surface area contributed by atoms with Crippen LogP contribution >= 0.6 is 7.82 Å². The number of aliphatic carboxylic acids is 1. The lowest BCUT2D eigenvalue weighted by Crippen LogP contribution is -2.34. The maximum atomic E-state index is 12.6. The Hall–Kier alpha value is -1.55. The van der Waals surface area contributed by atoms with Crippen molar-refractivity contribution in [3.05, 3.63) is 24.3 Å². The number of carboxylic acid groups (broad SMARTS) is 1. The number of ether oxygens (including phenoxy) is 2. The van der Waals surface area contributed by atoms with E-state index in [0.717, 1.165) is 64.2 Å². The van der Waals surface area contributed by atoms with Crippen molar-refractivity contribution in [2.24, 2.45) is 5.73 Å². The van der Waals surface area contributed by atoms with Crippen LogP contribution in [0.2, 0.25) is 0 Å². The van der Waals surface area contributed by atoms with Gasteiger partial charge in [0.25, 0.3) is 0 Å². The third-order valence-corrected chi connectivity index (χ3v) is 9.40.